The van der Waals surface area contributed by atoms with E-state index < -0.39 is 0 Å². The van der Waals surface area contributed by atoms with Gasteiger partial charge in [0.05, 0.1) is 49.8 Å². The number of benzene rings is 2. The Labute approximate surface area is 214 Å². The molecule has 0 spiro atoms. The summed E-state index contributed by atoms with van der Waals surface area (Å²) in [5.41, 5.74) is 2.06. The number of morpholine rings is 1. The first-order valence-corrected chi connectivity index (χ1v) is 13.0. The normalized spacial score (nSPS) is 13.6. The zero-order valence-electron chi connectivity index (χ0n) is 20.9. The van der Waals surface area contributed by atoms with Crippen LogP contribution in [0.25, 0.3) is 10.9 Å². The fourth-order valence-corrected chi connectivity index (χ4v) is 4.88. The van der Waals surface area contributed by atoms with Crippen LogP contribution in [0.4, 0.5) is 11.4 Å². The number of anilines is 2. The number of ether oxygens (including phenoxy) is 3. The van der Waals surface area contributed by atoms with Crippen molar-refractivity contribution in [1.29, 1.82) is 0 Å². The first kappa shape index (κ1) is 25.8. The number of carbonyl (C=O) groups is 1. The molecule has 1 saturated heterocycles. The summed E-state index contributed by atoms with van der Waals surface area (Å²) in [6.07, 6.45) is 1.79. The number of unbranched alkanes of at least 4 members (excludes halogenated alkanes) is 1. The molecule has 0 bridgehead atoms. The number of hydrogen-bond donors (Lipinski definition) is 1. The highest BCUT2D eigenvalue weighted by Gasteiger charge is 2.17. The van der Waals surface area contributed by atoms with Crippen molar-refractivity contribution in [3.05, 3.63) is 46.8 Å². The van der Waals surface area contributed by atoms with Crippen molar-refractivity contribution in [2.45, 2.75) is 31.5 Å². The molecule has 1 N–H and O–H groups in total. The van der Waals surface area contributed by atoms with Gasteiger partial charge in [-0.05, 0) is 36.8 Å². The maximum absolute atomic E-state index is 13.5. The highest BCUT2D eigenvalue weighted by atomic mass is 32.2. The van der Waals surface area contributed by atoms with Crippen LogP contribution in [-0.2, 0) is 16.1 Å². The van der Waals surface area contributed by atoms with E-state index >= 15 is 0 Å². The molecule has 0 unspecified atom stereocenters. The maximum Gasteiger partial charge on any atom is 0.262 e. The number of rotatable bonds is 10. The van der Waals surface area contributed by atoms with Crippen molar-refractivity contribution in [1.82, 2.24) is 9.55 Å². The molecule has 2 aromatic carbocycles. The second kappa shape index (κ2) is 12.1. The fraction of sp³-hybridized carbons (Fsp3) is 0.423. The zero-order chi connectivity index (χ0) is 25.5. The average Bonchev–Trinajstić information content (AvgIpc) is 2.91. The van der Waals surface area contributed by atoms with E-state index in [-0.39, 0.29) is 17.2 Å². The summed E-state index contributed by atoms with van der Waals surface area (Å²) in [6.45, 7) is 5.58. The number of hydrogen-bond acceptors (Lipinski definition) is 8. The average molecular weight is 513 g/mol. The van der Waals surface area contributed by atoms with Crippen LogP contribution in [0.3, 0.4) is 0 Å². The second-order valence-electron chi connectivity index (χ2n) is 8.41. The Morgan fingerprint density at radius 2 is 1.94 bits per heavy atom. The minimum Gasteiger partial charge on any atom is -0.497 e. The summed E-state index contributed by atoms with van der Waals surface area (Å²) < 4.78 is 17.7. The molecule has 192 valence electrons. The monoisotopic (exact) mass is 512 g/mol. The van der Waals surface area contributed by atoms with Crippen molar-refractivity contribution in [2.75, 3.05) is 56.5 Å². The Hall–Kier alpha value is -3.24. The Balaban J connectivity index is 1.57. The summed E-state index contributed by atoms with van der Waals surface area (Å²) in [5.74, 6) is 1.01. The molecular weight excluding hydrogens is 480 g/mol. The molecule has 0 radical (unpaired) electrons. The van der Waals surface area contributed by atoms with Crippen LogP contribution >= 0.6 is 11.8 Å². The van der Waals surface area contributed by atoms with E-state index in [0.717, 1.165) is 31.6 Å². The number of nitrogens with one attached hydrogen (secondary N) is 1. The van der Waals surface area contributed by atoms with E-state index in [1.54, 1.807) is 37.0 Å². The van der Waals surface area contributed by atoms with Gasteiger partial charge < -0.3 is 24.4 Å². The number of carbonyl (C=O) groups excluding carboxylic acids is 1. The number of nitrogens with zero attached hydrogens (tertiary/aromatic N) is 3. The third-order valence-electron chi connectivity index (χ3n) is 6.03. The standard InChI is InChI=1S/C26H32N4O5S/c1-4-5-10-30-25(32)20-15-18(29-11-13-35-14-12-29)6-8-21(20)28-26(30)36-17-24(31)27-22-16-19(33-2)7-9-23(22)34-3/h6-9,15-16H,4-5,10-14,17H2,1-3H3,(H,27,31). The van der Waals surface area contributed by atoms with E-state index in [9.17, 15) is 9.59 Å². The van der Waals surface area contributed by atoms with E-state index in [2.05, 4.69) is 17.1 Å². The fourth-order valence-electron chi connectivity index (χ4n) is 4.06. The molecule has 1 aliphatic heterocycles. The van der Waals surface area contributed by atoms with Gasteiger partial charge in [-0.15, -0.1) is 0 Å². The van der Waals surface area contributed by atoms with Gasteiger partial charge >= 0.3 is 0 Å². The molecule has 0 atom stereocenters. The van der Waals surface area contributed by atoms with E-state index in [0.29, 0.717) is 53.0 Å². The molecule has 1 fully saturated rings. The van der Waals surface area contributed by atoms with Crippen LogP contribution < -0.4 is 25.2 Å². The lowest BCUT2D eigenvalue weighted by Gasteiger charge is -2.29. The highest BCUT2D eigenvalue weighted by molar-refractivity contribution is 7.99. The molecule has 1 aromatic heterocycles. The number of methoxy groups -OCH3 is 2. The van der Waals surface area contributed by atoms with Gasteiger partial charge in [0.2, 0.25) is 5.91 Å². The topological polar surface area (TPSA) is 94.9 Å². The molecule has 36 heavy (non-hydrogen) atoms. The van der Waals surface area contributed by atoms with Crippen LogP contribution in [-0.4, -0.2) is 61.7 Å². The Morgan fingerprint density at radius 3 is 2.67 bits per heavy atom. The lowest BCUT2D eigenvalue weighted by molar-refractivity contribution is -0.113. The number of fused-ring (bicyclic) bond motifs is 1. The van der Waals surface area contributed by atoms with Crippen LogP contribution in [0.2, 0.25) is 0 Å². The van der Waals surface area contributed by atoms with Gasteiger partial charge in [-0.3, -0.25) is 14.2 Å². The van der Waals surface area contributed by atoms with Crippen molar-refractivity contribution >= 4 is 39.9 Å². The van der Waals surface area contributed by atoms with E-state index in [1.165, 1.54) is 11.8 Å². The van der Waals surface area contributed by atoms with Crippen LogP contribution in [0.15, 0.2) is 46.3 Å². The van der Waals surface area contributed by atoms with Gasteiger partial charge in [0.1, 0.15) is 11.5 Å². The quantitative estimate of drug-likeness (QED) is 0.324. The minimum atomic E-state index is -0.231. The van der Waals surface area contributed by atoms with E-state index in [1.807, 2.05) is 18.2 Å². The third-order valence-corrected chi connectivity index (χ3v) is 7.00. The van der Waals surface area contributed by atoms with Crippen molar-refractivity contribution in [2.24, 2.45) is 0 Å². The minimum absolute atomic E-state index is 0.0825. The third kappa shape index (κ3) is 5.93. The van der Waals surface area contributed by atoms with Crippen LogP contribution in [0.1, 0.15) is 19.8 Å². The SMILES string of the molecule is CCCCn1c(SCC(=O)Nc2cc(OC)ccc2OC)nc2ccc(N3CCOCC3)cc2c1=O. The molecule has 9 nitrogen and oxygen atoms in total. The summed E-state index contributed by atoms with van der Waals surface area (Å²) >= 11 is 1.25. The zero-order valence-corrected chi connectivity index (χ0v) is 21.7. The Morgan fingerprint density at radius 1 is 1.14 bits per heavy atom. The van der Waals surface area contributed by atoms with Gasteiger partial charge in [-0.2, -0.15) is 0 Å². The molecule has 3 aromatic rings. The van der Waals surface area contributed by atoms with Crippen molar-refractivity contribution < 1.29 is 19.0 Å². The van der Waals surface area contributed by atoms with Crippen LogP contribution in [0, 0.1) is 0 Å². The molecule has 0 saturated carbocycles. The summed E-state index contributed by atoms with van der Waals surface area (Å²) in [6, 6.07) is 11.0. The largest absolute Gasteiger partial charge is 0.497 e. The van der Waals surface area contributed by atoms with Gasteiger partial charge in [-0.1, -0.05) is 25.1 Å². The molecular formula is C26H32N4O5S. The van der Waals surface area contributed by atoms with Crippen LogP contribution in [0.5, 0.6) is 11.5 Å². The molecule has 2 heterocycles. The predicted octanol–water partition coefficient (Wildman–Crippen LogP) is 3.78. The smallest absolute Gasteiger partial charge is 0.262 e. The lowest BCUT2D eigenvalue weighted by Crippen LogP contribution is -2.36. The molecule has 1 amide bonds. The highest BCUT2D eigenvalue weighted by Crippen LogP contribution is 2.29. The molecule has 1 aliphatic rings. The Bertz CT molecular complexity index is 1270. The number of aromatic nitrogens is 2. The molecule has 10 heteroatoms. The van der Waals surface area contributed by atoms with Gasteiger partial charge in [0.25, 0.3) is 5.56 Å². The Kier molecular flexibility index (Phi) is 8.71. The number of thioether (sulfide) groups is 1. The predicted molar refractivity (Wildman–Crippen MR) is 143 cm³/mol. The summed E-state index contributed by atoms with van der Waals surface area (Å²) in [5, 5.41) is 3.99. The number of amides is 1. The first-order valence-electron chi connectivity index (χ1n) is 12.1. The lowest BCUT2D eigenvalue weighted by atomic mass is 10.2. The van der Waals surface area contributed by atoms with E-state index in [4.69, 9.17) is 19.2 Å². The van der Waals surface area contributed by atoms with Gasteiger partial charge in [0, 0.05) is 31.4 Å². The first-order chi connectivity index (χ1) is 17.5. The molecule has 0 aliphatic carbocycles. The van der Waals surface area contributed by atoms with Crippen molar-refractivity contribution in [3.8, 4) is 11.5 Å². The van der Waals surface area contributed by atoms with Crippen molar-refractivity contribution in [3.63, 3.8) is 0 Å². The van der Waals surface area contributed by atoms with Gasteiger partial charge in [0.15, 0.2) is 5.16 Å². The maximum atomic E-state index is 13.5. The van der Waals surface area contributed by atoms with Gasteiger partial charge in [-0.25, -0.2) is 4.98 Å². The second-order valence-corrected chi connectivity index (χ2v) is 9.35. The summed E-state index contributed by atoms with van der Waals surface area (Å²) in [4.78, 5) is 33.3. The summed E-state index contributed by atoms with van der Waals surface area (Å²) in [7, 11) is 3.11. The molecule has 4 rings (SSSR count).